The van der Waals surface area contributed by atoms with Gasteiger partial charge in [-0.3, -0.25) is 4.79 Å². The van der Waals surface area contributed by atoms with E-state index >= 15 is 0 Å². The number of rotatable bonds is 3. The maximum Gasteiger partial charge on any atom is 0.341 e. The van der Waals surface area contributed by atoms with Crippen LogP contribution in [-0.4, -0.2) is 22.7 Å². The summed E-state index contributed by atoms with van der Waals surface area (Å²) in [5, 5.41) is 11.9. The largest absolute Gasteiger partial charge is 0.477 e. The first kappa shape index (κ1) is 19.3. The Morgan fingerprint density at radius 2 is 1.79 bits per heavy atom. The maximum absolute atomic E-state index is 14.7. The molecule has 1 heterocycles. The Balaban J connectivity index is 2.66. The van der Waals surface area contributed by atoms with Gasteiger partial charge < -0.3 is 20.7 Å². The van der Waals surface area contributed by atoms with Crippen LogP contribution in [0.5, 0.6) is 0 Å². The summed E-state index contributed by atoms with van der Waals surface area (Å²) < 4.78 is 43.9. The van der Waals surface area contributed by atoms with Crippen molar-refractivity contribution in [2.75, 3.05) is 18.1 Å². The molecule has 0 aliphatic rings. The van der Waals surface area contributed by atoms with Crippen LogP contribution in [0.25, 0.3) is 16.6 Å². The topological polar surface area (TPSA) is 97.4 Å². The van der Waals surface area contributed by atoms with E-state index in [1.165, 1.54) is 20.9 Å². The number of fused-ring (bicyclic) bond motifs is 1. The summed E-state index contributed by atoms with van der Waals surface area (Å²) in [4.78, 5) is 24.3. The van der Waals surface area contributed by atoms with E-state index in [0.29, 0.717) is 6.07 Å². The number of pyridine rings is 1. The summed E-state index contributed by atoms with van der Waals surface area (Å²) in [7, 11) is 1.47. The number of aromatic carboxylic acids is 1. The molecule has 0 saturated heterocycles. The van der Waals surface area contributed by atoms with Gasteiger partial charge in [0.05, 0.1) is 28.0 Å². The molecule has 3 aromatic rings. The van der Waals surface area contributed by atoms with Gasteiger partial charge in [-0.1, -0.05) is 0 Å². The molecule has 2 aromatic carbocycles. The van der Waals surface area contributed by atoms with Crippen LogP contribution < -0.4 is 16.5 Å². The standard InChI is InChI=1S/C19H16F3N3O3/c1-7-14-17(8(2)16(24-3)15(7)22)25(6-9(18(14)26)19(27)28)13-5-12(23)10(20)4-11(13)21/h4-6,24H,23H2,1-3H3,(H,27,28). The lowest BCUT2D eigenvalue weighted by molar-refractivity contribution is 0.0695. The van der Waals surface area contributed by atoms with Gasteiger partial charge >= 0.3 is 5.97 Å². The predicted molar refractivity (Wildman–Crippen MR) is 99.8 cm³/mol. The summed E-state index contributed by atoms with van der Waals surface area (Å²) >= 11 is 0. The molecule has 0 atom stereocenters. The molecule has 0 amide bonds. The highest BCUT2D eigenvalue weighted by Crippen LogP contribution is 2.33. The Morgan fingerprint density at radius 3 is 2.36 bits per heavy atom. The van der Waals surface area contributed by atoms with Crippen molar-refractivity contribution in [3.8, 4) is 5.69 Å². The highest BCUT2D eigenvalue weighted by atomic mass is 19.1. The van der Waals surface area contributed by atoms with Crippen LogP contribution in [0.2, 0.25) is 0 Å². The fourth-order valence-electron chi connectivity index (χ4n) is 3.29. The molecule has 1 aromatic heterocycles. The van der Waals surface area contributed by atoms with E-state index in [2.05, 4.69) is 5.32 Å². The van der Waals surface area contributed by atoms with Gasteiger partial charge in [0.1, 0.15) is 23.0 Å². The molecule has 0 unspecified atom stereocenters. The molecule has 146 valence electrons. The molecule has 4 N–H and O–H groups in total. The summed E-state index contributed by atoms with van der Waals surface area (Å²) in [6.45, 7) is 2.82. The molecule has 0 aliphatic carbocycles. The van der Waals surface area contributed by atoms with Crippen molar-refractivity contribution < 1.29 is 23.1 Å². The Labute approximate surface area is 157 Å². The fraction of sp³-hybridized carbons (Fsp3) is 0.158. The molecule has 0 aliphatic heterocycles. The van der Waals surface area contributed by atoms with Crippen LogP contribution in [0.4, 0.5) is 24.5 Å². The number of nitrogens with two attached hydrogens (primary N) is 1. The van der Waals surface area contributed by atoms with E-state index in [9.17, 15) is 27.9 Å². The van der Waals surface area contributed by atoms with Crippen LogP contribution in [0.3, 0.4) is 0 Å². The lowest BCUT2D eigenvalue weighted by Gasteiger charge is -2.20. The van der Waals surface area contributed by atoms with Gasteiger partial charge in [0, 0.05) is 24.9 Å². The first-order chi connectivity index (χ1) is 13.1. The Kier molecular flexibility index (Phi) is 4.54. The molecule has 6 nitrogen and oxygen atoms in total. The van der Waals surface area contributed by atoms with Gasteiger partial charge in [0.25, 0.3) is 0 Å². The van der Waals surface area contributed by atoms with Gasteiger partial charge in [0.15, 0.2) is 0 Å². The van der Waals surface area contributed by atoms with Crippen molar-refractivity contribution in [2.24, 2.45) is 0 Å². The monoisotopic (exact) mass is 391 g/mol. The van der Waals surface area contributed by atoms with Crippen LogP contribution >= 0.6 is 0 Å². The zero-order valence-corrected chi connectivity index (χ0v) is 15.2. The molecule has 28 heavy (non-hydrogen) atoms. The van der Waals surface area contributed by atoms with Crippen LogP contribution in [-0.2, 0) is 0 Å². The Morgan fingerprint density at radius 1 is 1.14 bits per heavy atom. The first-order valence-corrected chi connectivity index (χ1v) is 8.14. The van der Waals surface area contributed by atoms with Crippen molar-refractivity contribution in [1.29, 1.82) is 0 Å². The Hall–Kier alpha value is -3.49. The van der Waals surface area contributed by atoms with E-state index in [4.69, 9.17) is 5.73 Å². The minimum absolute atomic E-state index is 0.0664. The van der Waals surface area contributed by atoms with E-state index in [-0.39, 0.29) is 39.1 Å². The zero-order chi connectivity index (χ0) is 20.9. The minimum atomic E-state index is -1.56. The number of aromatic nitrogens is 1. The van der Waals surface area contributed by atoms with Crippen LogP contribution in [0, 0.1) is 31.3 Å². The number of benzene rings is 2. The van der Waals surface area contributed by atoms with Crippen molar-refractivity contribution in [3.63, 3.8) is 0 Å². The fourth-order valence-corrected chi connectivity index (χ4v) is 3.29. The molecule has 0 saturated carbocycles. The second kappa shape index (κ2) is 6.59. The highest BCUT2D eigenvalue weighted by molar-refractivity contribution is 5.97. The second-order valence-corrected chi connectivity index (χ2v) is 6.28. The number of anilines is 2. The predicted octanol–water partition coefficient (Wildman–Crippen LogP) is 3.35. The number of nitrogen functional groups attached to an aromatic ring is 1. The number of nitrogens with zero attached hydrogens (tertiary/aromatic N) is 1. The highest BCUT2D eigenvalue weighted by Gasteiger charge is 2.24. The molecule has 9 heteroatoms. The van der Waals surface area contributed by atoms with Gasteiger partial charge in [-0.2, -0.15) is 0 Å². The third kappa shape index (κ3) is 2.67. The third-order valence-corrected chi connectivity index (χ3v) is 4.67. The van der Waals surface area contributed by atoms with Gasteiger partial charge in [0.2, 0.25) is 5.43 Å². The third-order valence-electron chi connectivity index (χ3n) is 4.67. The number of carboxylic acids is 1. The van der Waals surface area contributed by atoms with Crippen molar-refractivity contribution >= 4 is 28.2 Å². The SMILES string of the molecule is CNc1c(F)c(C)c2c(=O)c(C(=O)O)cn(-c3cc(N)c(F)cc3F)c2c1C. The molecular formula is C19H16F3N3O3. The van der Waals surface area contributed by atoms with Crippen molar-refractivity contribution in [1.82, 2.24) is 4.57 Å². The van der Waals surface area contributed by atoms with Crippen LogP contribution in [0.1, 0.15) is 21.5 Å². The number of aryl methyl sites for hydroxylation is 2. The van der Waals surface area contributed by atoms with E-state index in [1.807, 2.05) is 0 Å². The molecular weight excluding hydrogens is 375 g/mol. The zero-order valence-electron chi connectivity index (χ0n) is 15.2. The minimum Gasteiger partial charge on any atom is -0.477 e. The van der Waals surface area contributed by atoms with E-state index in [0.717, 1.165) is 16.8 Å². The normalized spacial score (nSPS) is 11.1. The second-order valence-electron chi connectivity index (χ2n) is 6.28. The molecule has 3 rings (SSSR count). The van der Waals surface area contributed by atoms with E-state index in [1.54, 1.807) is 0 Å². The smallest absolute Gasteiger partial charge is 0.341 e. The molecule has 0 radical (unpaired) electrons. The average molecular weight is 391 g/mol. The van der Waals surface area contributed by atoms with Crippen LogP contribution in [0.15, 0.2) is 23.1 Å². The van der Waals surface area contributed by atoms with Crippen molar-refractivity contribution in [3.05, 3.63) is 62.7 Å². The number of halogens is 3. The van der Waals surface area contributed by atoms with E-state index < -0.39 is 34.4 Å². The number of carboxylic acid groups (broad SMARTS) is 1. The molecule has 0 bridgehead atoms. The lowest BCUT2D eigenvalue weighted by atomic mass is 9.99. The number of hydrogen-bond donors (Lipinski definition) is 3. The first-order valence-electron chi connectivity index (χ1n) is 8.14. The van der Waals surface area contributed by atoms with Gasteiger partial charge in [-0.25, -0.2) is 18.0 Å². The summed E-state index contributed by atoms with van der Waals surface area (Å²) in [5.74, 6) is -4.30. The molecule has 0 spiro atoms. The number of nitrogens with one attached hydrogen (secondary N) is 1. The van der Waals surface area contributed by atoms with Gasteiger partial charge in [-0.15, -0.1) is 0 Å². The number of carbonyl (C=O) groups is 1. The maximum atomic E-state index is 14.7. The summed E-state index contributed by atoms with van der Waals surface area (Å²) in [5.41, 5.74) is 3.61. The summed E-state index contributed by atoms with van der Waals surface area (Å²) in [6, 6.07) is 1.54. The summed E-state index contributed by atoms with van der Waals surface area (Å²) in [6.07, 6.45) is 0.923. The van der Waals surface area contributed by atoms with Crippen molar-refractivity contribution in [2.45, 2.75) is 13.8 Å². The quantitative estimate of drug-likeness (QED) is 0.595. The number of hydrogen-bond acceptors (Lipinski definition) is 4. The Bertz CT molecular complexity index is 1220. The molecule has 0 fully saturated rings. The average Bonchev–Trinajstić information content (AvgIpc) is 2.63. The van der Waals surface area contributed by atoms with Gasteiger partial charge in [-0.05, 0) is 25.5 Å². The lowest BCUT2D eigenvalue weighted by Crippen LogP contribution is -2.21.